The molecule has 0 saturated heterocycles. The largest absolute Gasteiger partial charge is 0.483 e. The first-order valence-electron chi connectivity index (χ1n) is 7.37. The number of aromatic nitrogens is 2. The van der Waals surface area contributed by atoms with Gasteiger partial charge in [-0.05, 0) is 24.4 Å². The molecule has 0 bridgehead atoms. The van der Waals surface area contributed by atoms with Gasteiger partial charge in [0.2, 0.25) is 0 Å². The molecule has 0 saturated carbocycles. The first-order chi connectivity index (χ1) is 11.2. The van der Waals surface area contributed by atoms with Gasteiger partial charge in [0, 0.05) is 11.1 Å². The zero-order valence-corrected chi connectivity index (χ0v) is 12.8. The normalized spacial score (nSPS) is 10.5. The van der Waals surface area contributed by atoms with Gasteiger partial charge in [-0.3, -0.25) is 4.79 Å². The molecule has 0 fully saturated rings. The third-order valence-corrected chi connectivity index (χ3v) is 3.44. The fourth-order valence-corrected chi connectivity index (χ4v) is 2.31. The van der Waals surface area contributed by atoms with Crippen LogP contribution >= 0.6 is 0 Å². The van der Waals surface area contributed by atoms with Crippen LogP contribution in [0, 0.1) is 6.92 Å². The first kappa shape index (κ1) is 15.0. The highest BCUT2D eigenvalue weighted by atomic mass is 16.5. The molecule has 0 unspecified atom stereocenters. The Kier molecular flexibility index (Phi) is 4.47. The van der Waals surface area contributed by atoms with E-state index in [0.29, 0.717) is 12.3 Å². The molecule has 2 aromatic carbocycles. The summed E-state index contributed by atoms with van der Waals surface area (Å²) in [6.07, 6.45) is 1.49. The fraction of sp³-hybridized carbons (Fsp3) is 0.167. The van der Waals surface area contributed by atoms with Crippen LogP contribution in [-0.2, 0) is 11.3 Å². The van der Waals surface area contributed by atoms with Crippen molar-refractivity contribution in [2.45, 2.75) is 13.5 Å². The molecule has 3 rings (SSSR count). The molecule has 1 aromatic heterocycles. The first-order valence-corrected chi connectivity index (χ1v) is 7.37. The fourth-order valence-electron chi connectivity index (χ4n) is 2.31. The predicted octanol–water partition coefficient (Wildman–Crippen LogP) is 2.63. The van der Waals surface area contributed by atoms with Crippen molar-refractivity contribution in [3.05, 3.63) is 66.2 Å². The minimum Gasteiger partial charge on any atom is -0.483 e. The number of hydrogen-bond donors (Lipinski definition) is 1. The summed E-state index contributed by atoms with van der Waals surface area (Å²) in [6.45, 7) is 2.22. The van der Waals surface area contributed by atoms with E-state index in [9.17, 15) is 4.79 Å². The number of hydrogen-bond acceptors (Lipinski definition) is 4. The van der Waals surface area contributed by atoms with Crippen molar-refractivity contribution in [2.24, 2.45) is 0 Å². The average molecular weight is 307 g/mol. The summed E-state index contributed by atoms with van der Waals surface area (Å²) >= 11 is 0. The van der Waals surface area contributed by atoms with Crippen molar-refractivity contribution in [1.29, 1.82) is 0 Å². The molecule has 0 aliphatic rings. The maximum absolute atomic E-state index is 11.9. The van der Waals surface area contributed by atoms with Gasteiger partial charge in [0.15, 0.2) is 6.61 Å². The number of ether oxygens (including phenoxy) is 1. The minimum absolute atomic E-state index is 0.0297. The monoisotopic (exact) mass is 307 g/mol. The topological polar surface area (TPSA) is 64.1 Å². The van der Waals surface area contributed by atoms with Gasteiger partial charge in [-0.2, -0.15) is 0 Å². The summed E-state index contributed by atoms with van der Waals surface area (Å²) in [6, 6.07) is 15.6. The molecular weight excluding hydrogens is 290 g/mol. The number of nitrogens with one attached hydrogen (secondary N) is 1. The van der Waals surface area contributed by atoms with Crippen molar-refractivity contribution in [3.8, 4) is 5.75 Å². The molecule has 1 N–H and O–H groups in total. The van der Waals surface area contributed by atoms with Gasteiger partial charge in [0.1, 0.15) is 12.1 Å². The molecule has 23 heavy (non-hydrogen) atoms. The zero-order valence-electron chi connectivity index (χ0n) is 12.8. The van der Waals surface area contributed by atoms with Gasteiger partial charge in [-0.25, -0.2) is 9.97 Å². The van der Waals surface area contributed by atoms with E-state index in [2.05, 4.69) is 15.3 Å². The summed E-state index contributed by atoms with van der Waals surface area (Å²) in [4.78, 5) is 20.1. The van der Waals surface area contributed by atoms with Crippen LogP contribution < -0.4 is 10.1 Å². The Morgan fingerprint density at radius 1 is 1.13 bits per heavy atom. The van der Waals surface area contributed by atoms with Gasteiger partial charge in [0.05, 0.1) is 12.2 Å². The highest BCUT2D eigenvalue weighted by Crippen LogP contribution is 2.24. The molecule has 0 aliphatic carbocycles. The molecule has 5 nitrogen and oxygen atoms in total. The van der Waals surface area contributed by atoms with Crippen LogP contribution in [0.5, 0.6) is 5.75 Å². The van der Waals surface area contributed by atoms with E-state index >= 15 is 0 Å². The highest BCUT2D eigenvalue weighted by Gasteiger charge is 2.06. The third kappa shape index (κ3) is 3.83. The van der Waals surface area contributed by atoms with Crippen LogP contribution in [0.3, 0.4) is 0 Å². The summed E-state index contributed by atoms with van der Waals surface area (Å²) in [5.41, 5.74) is 1.65. The second kappa shape index (κ2) is 6.87. The number of aryl methyl sites for hydroxylation is 1. The van der Waals surface area contributed by atoms with E-state index < -0.39 is 0 Å². The molecule has 1 amide bonds. The van der Waals surface area contributed by atoms with Gasteiger partial charge in [0.25, 0.3) is 5.91 Å². The van der Waals surface area contributed by atoms with Crippen LogP contribution in [0.2, 0.25) is 0 Å². The molecule has 116 valence electrons. The lowest BCUT2D eigenvalue weighted by molar-refractivity contribution is -0.123. The number of carbonyl (C=O) groups excluding carboxylic acids is 1. The van der Waals surface area contributed by atoms with E-state index in [1.165, 1.54) is 6.33 Å². The Bertz CT molecular complexity index is 828. The predicted molar refractivity (Wildman–Crippen MR) is 88.1 cm³/mol. The Labute approximate surface area is 134 Å². The van der Waals surface area contributed by atoms with Gasteiger partial charge < -0.3 is 10.1 Å². The lowest BCUT2D eigenvalue weighted by atomic mass is 10.1. The van der Waals surface area contributed by atoms with E-state index in [1.54, 1.807) is 0 Å². The second-order valence-corrected chi connectivity index (χ2v) is 5.19. The zero-order chi connectivity index (χ0) is 16.1. The Morgan fingerprint density at radius 3 is 2.83 bits per heavy atom. The van der Waals surface area contributed by atoms with Crippen molar-refractivity contribution < 1.29 is 9.53 Å². The quantitative estimate of drug-likeness (QED) is 0.787. The lowest BCUT2D eigenvalue weighted by Gasteiger charge is -2.09. The molecule has 0 atom stereocenters. The van der Waals surface area contributed by atoms with Crippen LogP contribution in [0.25, 0.3) is 10.8 Å². The Morgan fingerprint density at radius 2 is 1.96 bits per heavy atom. The maximum Gasteiger partial charge on any atom is 0.258 e. The molecule has 0 radical (unpaired) electrons. The molecule has 3 aromatic rings. The van der Waals surface area contributed by atoms with Crippen molar-refractivity contribution in [3.63, 3.8) is 0 Å². The standard InChI is InChI=1S/C18H17N3O2/c1-13-9-15(21-12-20-13)10-19-18(22)11-23-17-8-4-6-14-5-2-3-7-16(14)17/h2-9,12H,10-11H2,1H3,(H,19,22). The van der Waals surface area contributed by atoms with E-state index in [-0.39, 0.29) is 12.5 Å². The number of fused-ring (bicyclic) bond motifs is 1. The van der Waals surface area contributed by atoms with Crippen LogP contribution in [0.1, 0.15) is 11.4 Å². The third-order valence-electron chi connectivity index (χ3n) is 3.44. The van der Waals surface area contributed by atoms with Gasteiger partial charge >= 0.3 is 0 Å². The number of benzene rings is 2. The van der Waals surface area contributed by atoms with Crippen molar-refractivity contribution in [1.82, 2.24) is 15.3 Å². The Hall–Kier alpha value is -2.95. The van der Waals surface area contributed by atoms with E-state index in [1.807, 2.05) is 55.5 Å². The molecule has 1 heterocycles. The summed E-state index contributed by atoms with van der Waals surface area (Å²) < 4.78 is 5.65. The lowest BCUT2D eigenvalue weighted by Crippen LogP contribution is -2.28. The van der Waals surface area contributed by atoms with Gasteiger partial charge in [-0.1, -0.05) is 36.4 Å². The van der Waals surface area contributed by atoms with Crippen LogP contribution in [0.4, 0.5) is 0 Å². The van der Waals surface area contributed by atoms with Crippen LogP contribution in [-0.4, -0.2) is 22.5 Å². The van der Waals surface area contributed by atoms with E-state index in [0.717, 1.165) is 22.2 Å². The average Bonchev–Trinajstić information content (AvgIpc) is 2.58. The van der Waals surface area contributed by atoms with Gasteiger partial charge in [-0.15, -0.1) is 0 Å². The van der Waals surface area contributed by atoms with Crippen LogP contribution in [0.15, 0.2) is 54.9 Å². The number of rotatable bonds is 5. The molecule has 0 aliphatic heterocycles. The SMILES string of the molecule is Cc1cc(CNC(=O)COc2cccc3ccccc23)ncn1. The molecular formula is C18H17N3O2. The van der Waals surface area contributed by atoms with Crippen molar-refractivity contribution >= 4 is 16.7 Å². The second-order valence-electron chi connectivity index (χ2n) is 5.19. The molecule has 5 heteroatoms. The Balaban J connectivity index is 1.58. The smallest absolute Gasteiger partial charge is 0.258 e. The summed E-state index contributed by atoms with van der Waals surface area (Å²) in [7, 11) is 0. The van der Waals surface area contributed by atoms with E-state index in [4.69, 9.17) is 4.74 Å². The number of nitrogens with zero attached hydrogens (tertiary/aromatic N) is 2. The highest BCUT2D eigenvalue weighted by molar-refractivity contribution is 5.88. The molecule has 0 spiro atoms. The van der Waals surface area contributed by atoms with Crippen molar-refractivity contribution in [2.75, 3.05) is 6.61 Å². The number of carbonyl (C=O) groups is 1. The summed E-state index contributed by atoms with van der Waals surface area (Å²) in [5.74, 6) is 0.519. The minimum atomic E-state index is -0.186. The number of amides is 1. The maximum atomic E-state index is 11.9. The summed E-state index contributed by atoms with van der Waals surface area (Å²) in [5, 5.41) is 4.87.